The number of hydrogen-bond acceptors (Lipinski definition) is 2. The van der Waals surface area contributed by atoms with Gasteiger partial charge in [-0.15, -0.1) is 0 Å². The molecule has 0 heterocycles. The van der Waals surface area contributed by atoms with E-state index >= 15 is 0 Å². The molecule has 0 saturated heterocycles. The molecule has 2 aromatic rings. The molecule has 0 saturated carbocycles. The van der Waals surface area contributed by atoms with Gasteiger partial charge in [0.25, 0.3) is 0 Å². The Morgan fingerprint density at radius 2 is 1.79 bits per heavy atom. The van der Waals surface area contributed by atoms with Gasteiger partial charge in [0.1, 0.15) is 18.6 Å². The summed E-state index contributed by atoms with van der Waals surface area (Å²) in [7, 11) is 0. The average molecular weight is 275 g/mol. The molecule has 0 aliphatic carbocycles. The monoisotopic (exact) mass is 274 g/mol. The van der Waals surface area contributed by atoms with Gasteiger partial charge in [0, 0.05) is 5.56 Å². The normalized spacial score (nSPS) is 10.3. The number of aldehydes is 1. The highest BCUT2D eigenvalue weighted by atomic mass is 35.5. The predicted molar refractivity (Wildman–Crippen MR) is 77.1 cm³/mol. The molecule has 2 rings (SSSR count). The predicted octanol–water partition coefficient (Wildman–Crippen LogP) is 4.35. The second-order valence-electron chi connectivity index (χ2n) is 4.59. The lowest BCUT2D eigenvalue weighted by atomic mass is 10.1. The fraction of sp³-hybridized carbons (Fsp3) is 0.188. The van der Waals surface area contributed by atoms with E-state index in [0.29, 0.717) is 22.9 Å². The summed E-state index contributed by atoms with van der Waals surface area (Å²) in [4.78, 5) is 10.6. The summed E-state index contributed by atoms with van der Waals surface area (Å²) in [6.07, 6.45) is 0.763. The van der Waals surface area contributed by atoms with Crippen molar-refractivity contribution in [2.45, 2.75) is 20.5 Å². The smallest absolute Gasteiger partial charge is 0.150 e. The lowest BCUT2D eigenvalue weighted by molar-refractivity contribution is 0.112. The highest BCUT2D eigenvalue weighted by Gasteiger charge is 2.04. The van der Waals surface area contributed by atoms with Crippen LogP contribution in [0.2, 0.25) is 5.02 Å². The maximum absolute atomic E-state index is 10.6. The zero-order valence-electron chi connectivity index (χ0n) is 10.9. The van der Waals surface area contributed by atoms with Crippen LogP contribution in [0.25, 0.3) is 0 Å². The third-order valence-electron chi connectivity index (χ3n) is 2.77. The van der Waals surface area contributed by atoms with E-state index in [9.17, 15) is 4.79 Å². The summed E-state index contributed by atoms with van der Waals surface area (Å²) < 4.78 is 5.68. The van der Waals surface area contributed by atoms with E-state index < -0.39 is 0 Å². The lowest BCUT2D eigenvalue weighted by Gasteiger charge is -2.09. The first-order valence-electron chi connectivity index (χ1n) is 6.03. The van der Waals surface area contributed by atoms with E-state index in [-0.39, 0.29) is 0 Å². The van der Waals surface area contributed by atoms with Crippen LogP contribution in [0.3, 0.4) is 0 Å². The molecule has 19 heavy (non-hydrogen) atoms. The summed E-state index contributed by atoms with van der Waals surface area (Å²) >= 11 is 6.05. The molecular weight excluding hydrogens is 260 g/mol. The minimum absolute atomic E-state index is 0.453. The van der Waals surface area contributed by atoms with Crippen LogP contribution in [0.5, 0.6) is 5.75 Å². The van der Waals surface area contributed by atoms with Gasteiger partial charge in [0.15, 0.2) is 0 Å². The van der Waals surface area contributed by atoms with E-state index in [0.717, 1.165) is 11.8 Å². The largest absolute Gasteiger partial charge is 0.487 e. The number of ether oxygens (including phenoxy) is 1. The van der Waals surface area contributed by atoms with E-state index in [4.69, 9.17) is 16.3 Å². The van der Waals surface area contributed by atoms with Gasteiger partial charge in [-0.2, -0.15) is 0 Å². The molecule has 0 aromatic heterocycles. The maximum atomic E-state index is 10.6. The number of rotatable bonds is 4. The average Bonchev–Trinajstić information content (AvgIpc) is 2.36. The Hall–Kier alpha value is -1.80. The van der Waals surface area contributed by atoms with E-state index in [2.05, 4.69) is 32.0 Å². The van der Waals surface area contributed by atoms with Crippen LogP contribution in [0.4, 0.5) is 0 Å². The second kappa shape index (κ2) is 5.89. The molecule has 0 unspecified atom stereocenters. The highest BCUT2D eigenvalue weighted by Crippen LogP contribution is 2.26. The van der Waals surface area contributed by atoms with Crippen LogP contribution >= 0.6 is 11.6 Å². The Balaban J connectivity index is 2.12. The fourth-order valence-corrected chi connectivity index (χ4v) is 2.26. The van der Waals surface area contributed by atoms with Crippen molar-refractivity contribution >= 4 is 17.9 Å². The van der Waals surface area contributed by atoms with Crippen molar-refractivity contribution in [1.82, 2.24) is 0 Å². The zero-order chi connectivity index (χ0) is 13.8. The van der Waals surface area contributed by atoms with Crippen molar-refractivity contribution in [3.8, 4) is 5.75 Å². The number of carbonyl (C=O) groups excluding carboxylic acids is 1. The van der Waals surface area contributed by atoms with E-state index in [1.54, 1.807) is 18.2 Å². The molecule has 2 nitrogen and oxygen atoms in total. The van der Waals surface area contributed by atoms with Gasteiger partial charge in [-0.3, -0.25) is 4.79 Å². The maximum Gasteiger partial charge on any atom is 0.150 e. The molecule has 0 aliphatic heterocycles. The van der Waals surface area contributed by atoms with Crippen LogP contribution in [-0.4, -0.2) is 6.29 Å². The van der Waals surface area contributed by atoms with Gasteiger partial charge in [-0.25, -0.2) is 0 Å². The Morgan fingerprint density at radius 1 is 1.11 bits per heavy atom. The Bertz CT molecular complexity index is 585. The number of aryl methyl sites for hydroxylation is 2. The SMILES string of the molecule is Cc1cc(C)cc(COc2ccc(C=O)cc2Cl)c1. The number of benzene rings is 2. The van der Waals surface area contributed by atoms with Crippen molar-refractivity contribution in [2.75, 3.05) is 0 Å². The molecular formula is C16H15ClO2. The molecule has 0 fully saturated rings. The Labute approximate surface area is 118 Å². The number of halogens is 1. The number of hydrogen-bond donors (Lipinski definition) is 0. The fourth-order valence-electron chi connectivity index (χ4n) is 2.02. The van der Waals surface area contributed by atoms with E-state index in [1.807, 2.05) is 0 Å². The molecule has 0 bridgehead atoms. The minimum Gasteiger partial charge on any atom is -0.487 e. The van der Waals surface area contributed by atoms with Gasteiger partial charge in [0.05, 0.1) is 5.02 Å². The summed E-state index contributed by atoms with van der Waals surface area (Å²) in [6, 6.07) is 11.3. The number of carbonyl (C=O) groups is 1. The van der Waals surface area contributed by atoms with Gasteiger partial charge in [-0.05, 0) is 37.6 Å². The molecule has 0 spiro atoms. The van der Waals surface area contributed by atoms with Crippen LogP contribution in [0.1, 0.15) is 27.0 Å². The molecule has 98 valence electrons. The van der Waals surface area contributed by atoms with Gasteiger partial charge in [-0.1, -0.05) is 40.9 Å². The molecule has 2 aromatic carbocycles. The summed E-state index contributed by atoms with van der Waals surface area (Å²) in [6.45, 7) is 4.58. The molecule has 0 amide bonds. The first-order chi connectivity index (χ1) is 9.08. The third-order valence-corrected chi connectivity index (χ3v) is 3.06. The standard InChI is InChI=1S/C16H15ClO2/c1-11-5-12(2)7-14(6-11)10-19-16-4-3-13(9-18)8-15(16)17/h3-9H,10H2,1-2H3. The van der Waals surface area contributed by atoms with Gasteiger partial charge in [0.2, 0.25) is 0 Å². The summed E-state index contributed by atoms with van der Waals surface area (Å²) in [5.74, 6) is 0.589. The van der Waals surface area contributed by atoms with E-state index in [1.165, 1.54) is 11.1 Å². The Morgan fingerprint density at radius 3 is 2.37 bits per heavy atom. The summed E-state index contributed by atoms with van der Waals surface area (Å²) in [5, 5.41) is 0.453. The third kappa shape index (κ3) is 3.58. The second-order valence-corrected chi connectivity index (χ2v) is 5.00. The molecule has 3 heteroatoms. The molecule has 0 N–H and O–H groups in total. The van der Waals surface area contributed by atoms with Crippen molar-refractivity contribution in [3.05, 3.63) is 63.7 Å². The molecule has 0 atom stereocenters. The van der Waals surface area contributed by atoms with Crippen LogP contribution in [0, 0.1) is 13.8 Å². The highest BCUT2D eigenvalue weighted by molar-refractivity contribution is 6.32. The Kier molecular flexibility index (Phi) is 4.23. The van der Waals surface area contributed by atoms with Crippen molar-refractivity contribution in [2.24, 2.45) is 0 Å². The molecule has 0 radical (unpaired) electrons. The van der Waals surface area contributed by atoms with Crippen LogP contribution < -0.4 is 4.74 Å². The molecule has 0 aliphatic rings. The quantitative estimate of drug-likeness (QED) is 0.775. The van der Waals surface area contributed by atoms with Crippen LogP contribution in [-0.2, 0) is 6.61 Å². The minimum atomic E-state index is 0.453. The topological polar surface area (TPSA) is 26.3 Å². The summed E-state index contributed by atoms with van der Waals surface area (Å²) in [5.41, 5.74) is 4.07. The lowest BCUT2D eigenvalue weighted by Crippen LogP contribution is -1.97. The van der Waals surface area contributed by atoms with Gasteiger partial charge >= 0.3 is 0 Å². The first kappa shape index (κ1) is 13.6. The van der Waals surface area contributed by atoms with Gasteiger partial charge < -0.3 is 4.74 Å². The van der Waals surface area contributed by atoms with Crippen molar-refractivity contribution < 1.29 is 9.53 Å². The first-order valence-corrected chi connectivity index (χ1v) is 6.41. The van der Waals surface area contributed by atoms with Crippen molar-refractivity contribution in [1.29, 1.82) is 0 Å². The zero-order valence-corrected chi connectivity index (χ0v) is 11.7. The van der Waals surface area contributed by atoms with Crippen molar-refractivity contribution in [3.63, 3.8) is 0 Å². The van der Waals surface area contributed by atoms with Crippen LogP contribution in [0.15, 0.2) is 36.4 Å².